The van der Waals surface area contributed by atoms with Gasteiger partial charge in [0.25, 0.3) is 0 Å². The maximum atomic E-state index is 5.27. The fourth-order valence-corrected chi connectivity index (χ4v) is 1.81. The number of rotatable bonds is 5. The Morgan fingerprint density at radius 3 is 3.00 bits per heavy atom. The second-order valence-electron chi connectivity index (χ2n) is 3.97. The van der Waals surface area contributed by atoms with Crippen LogP contribution in [0.15, 0.2) is 29.0 Å². The number of aromatic nitrogens is 1. The summed E-state index contributed by atoms with van der Waals surface area (Å²) in [6, 6.07) is 6.29. The first-order valence-electron chi connectivity index (χ1n) is 5.72. The van der Waals surface area contributed by atoms with Gasteiger partial charge in [0, 0.05) is 0 Å². The molecule has 0 atom stereocenters. The molecule has 0 N–H and O–H groups in total. The highest BCUT2D eigenvalue weighted by molar-refractivity contribution is 5.72. The van der Waals surface area contributed by atoms with Gasteiger partial charge in [0.05, 0.1) is 0 Å². The monoisotopic (exact) mass is 203 g/mol. The number of hydrogen-bond donors (Lipinski definition) is 0. The average molecular weight is 203 g/mol. The zero-order valence-corrected chi connectivity index (χ0v) is 9.20. The van der Waals surface area contributed by atoms with Crippen molar-refractivity contribution in [1.29, 1.82) is 0 Å². The summed E-state index contributed by atoms with van der Waals surface area (Å²) >= 11 is 0. The van der Waals surface area contributed by atoms with Crippen molar-refractivity contribution in [3.05, 3.63) is 30.2 Å². The van der Waals surface area contributed by atoms with Crippen LogP contribution in [0.4, 0.5) is 0 Å². The molecule has 0 fully saturated rings. The summed E-state index contributed by atoms with van der Waals surface area (Å²) in [5.41, 5.74) is 3.21. The summed E-state index contributed by atoms with van der Waals surface area (Å²) < 4.78 is 5.27. The van der Waals surface area contributed by atoms with Crippen molar-refractivity contribution in [2.75, 3.05) is 0 Å². The predicted octanol–water partition coefficient (Wildman–Crippen LogP) is 3.95. The van der Waals surface area contributed by atoms with Gasteiger partial charge >= 0.3 is 0 Å². The molecular formula is C13H17NO. The molecular weight excluding hydrogens is 186 g/mol. The van der Waals surface area contributed by atoms with Crippen LogP contribution < -0.4 is 0 Å². The van der Waals surface area contributed by atoms with E-state index in [1.807, 2.05) is 6.07 Å². The van der Waals surface area contributed by atoms with Crippen LogP contribution in [0.3, 0.4) is 0 Å². The SMILES string of the molecule is CCCCCCc1ccc2ncoc2c1. The van der Waals surface area contributed by atoms with Crippen LogP contribution in [0, 0.1) is 0 Å². The highest BCUT2D eigenvalue weighted by atomic mass is 16.3. The van der Waals surface area contributed by atoms with E-state index in [0.29, 0.717) is 0 Å². The minimum atomic E-state index is 0.906. The highest BCUT2D eigenvalue weighted by Crippen LogP contribution is 2.16. The number of aryl methyl sites for hydroxylation is 1. The van der Waals surface area contributed by atoms with Gasteiger partial charge < -0.3 is 4.42 Å². The zero-order chi connectivity index (χ0) is 10.5. The lowest BCUT2D eigenvalue weighted by atomic mass is 10.1. The van der Waals surface area contributed by atoms with E-state index in [1.54, 1.807) is 0 Å². The first kappa shape index (κ1) is 10.2. The number of nitrogens with zero attached hydrogens (tertiary/aromatic N) is 1. The summed E-state index contributed by atoms with van der Waals surface area (Å²) in [6.07, 6.45) is 7.88. The molecule has 2 rings (SSSR count). The second-order valence-corrected chi connectivity index (χ2v) is 3.97. The van der Waals surface area contributed by atoms with Crippen molar-refractivity contribution in [1.82, 2.24) is 4.98 Å². The van der Waals surface area contributed by atoms with Gasteiger partial charge in [-0.1, -0.05) is 32.3 Å². The molecule has 2 aromatic rings. The lowest BCUT2D eigenvalue weighted by Crippen LogP contribution is -1.85. The first-order valence-corrected chi connectivity index (χ1v) is 5.72. The first-order chi connectivity index (χ1) is 7.40. The van der Waals surface area contributed by atoms with Crippen LogP contribution in [0.5, 0.6) is 0 Å². The van der Waals surface area contributed by atoms with Gasteiger partial charge in [0.2, 0.25) is 0 Å². The van der Waals surface area contributed by atoms with E-state index in [-0.39, 0.29) is 0 Å². The fourth-order valence-electron chi connectivity index (χ4n) is 1.81. The highest BCUT2D eigenvalue weighted by Gasteiger charge is 1.99. The minimum Gasteiger partial charge on any atom is -0.443 e. The molecule has 0 amide bonds. The summed E-state index contributed by atoms with van der Waals surface area (Å²) in [7, 11) is 0. The molecule has 15 heavy (non-hydrogen) atoms. The van der Waals surface area contributed by atoms with E-state index in [9.17, 15) is 0 Å². The molecule has 0 saturated heterocycles. The van der Waals surface area contributed by atoms with E-state index >= 15 is 0 Å². The standard InChI is InChI=1S/C13H17NO/c1-2-3-4-5-6-11-7-8-12-13(9-11)15-10-14-12/h7-10H,2-6H2,1H3. The van der Waals surface area contributed by atoms with E-state index in [0.717, 1.165) is 17.5 Å². The number of hydrogen-bond acceptors (Lipinski definition) is 2. The van der Waals surface area contributed by atoms with Crippen molar-refractivity contribution in [3.63, 3.8) is 0 Å². The zero-order valence-electron chi connectivity index (χ0n) is 9.20. The van der Waals surface area contributed by atoms with Gasteiger partial charge in [-0.15, -0.1) is 0 Å². The van der Waals surface area contributed by atoms with Gasteiger partial charge in [0.1, 0.15) is 5.52 Å². The van der Waals surface area contributed by atoms with Gasteiger partial charge in [-0.05, 0) is 30.5 Å². The van der Waals surface area contributed by atoms with E-state index in [4.69, 9.17) is 4.42 Å². The van der Waals surface area contributed by atoms with Gasteiger partial charge in [0.15, 0.2) is 12.0 Å². The number of benzene rings is 1. The third kappa shape index (κ3) is 2.58. The number of unbranched alkanes of at least 4 members (excludes halogenated alkanes) is 3. The molecule has 0 radical (unpaired) electrons. The Morgan fingerprint density at radius 1 is 1.20 bits per heavy atom. The van der Waals surface area contributed by atoms with Crippen LogP contribution in [0.1, 0.15) is 38.2 Å². The molecule has 0 spiro atoms. The van der Waals surface area contributed by atoms with Crippen molar-refractivity contribution in [3.8, 4) is 0 Å². The van der Waals surface area contributed by atoms with E-state index in [1.165, 1.54) is 37.6 Å². The molecule has 80 valence electrons. The van der Waals surface area contributed by atoms with E-state index in [2.05, 4.69) is 24.0 Å². The molecule has 2 nitrogen and oxygen atoms in total. The van der Waals surface area contributed by atoms with Crippen LogP contribution in [0.2, 0.25) is 0 Å². The molecule has 0 aliphatic heterocycles. The summed E-state index contributed by atoms with van der Waals surface area (Å²) in [5.74, 6) is 0. The lowest BCUT2D eigenvalue weighted by Gasteiger charge is -2.00. The molecule has 2 heteroatoms. The maximum Gasteiger partial charge on any atom is 0.181 e. The Hall–Kier alpha value is -1.31. The Balaban J connectivity index is 1.96. The molecule has 1 heterocycles. The van der Waals surface area contributed by atoms with Crippen molar-refractivity contribution < 1.29 is 4.42 Å². The van der Waals surface area contributed by atoms with Crippen molar-refractivity contribution in [2.45, 2.75) is 39.0 Å². The normalized spacial score (nSPS) is 11.0. The second kappa shape index (κ2) is 4.96. The lowest BCUT2D eigenvalue weighted by molar-refractivity contribution is 0.601. The smallest absolute Gasteiger partial charge is 0.181 e. The molecule has 0 aliphatic carbocycles. The molecule has 0 unspecified atom stereocenters. The Labute approximate surface area is 90.3 Å². The topological polar surface area (TPSA) is 26.0 Å². The fraction of sp³-hybridized carbons (Fsp3) is 0.462. The maximum absolute atomic E-state index is 5.27. The van der Waals surface area contributed by atoms with Gasteiger partial charge in [-0.3, -0.25) is 0 Å². The quantitative estimate of drug-likeness (QED) is 0.688. The molecule has 0 bridgehead atoms. The summed E-state index contributed by atoms with van der Waals surface area (Å²) in [5, 5.41) is 0. The van der Waals surface area contributed by atoms with Crippen molar-refractivity contribution in [2.24, 2.45) is 0 Å². The Morgan fingerprint density at radius 2 is 2.13 bits per heavy atom. The van der Waals surface area contributed by atoms with Crippen molar-refractivity contribution >= 4 is 11.1 Å². The van der Waals surface area contributed by atoms with E-state index < -0.39 is 0 Å². The van der Waals surface area contributed by atoms with Crippen LogP contribution in [-0.4, -0.2) is 4.98 Å². The van der Waals surface area contributed by atoms with Crippen LogP contribution in [0.25, 0.3) is 11.1 Å². The summed E-state index contributed by atoms with van der Waals surface area (Å²) in [6.45, 7) is 2.24. The summed E-state index contributed by atoms with van der Waals surface area (Å²) in [4.78, 5) is 4.10. The number of oxazole rings is 1. The molecule has 0 saturated carbocycles. The molecule has 1 aromatic carbocycles. The van der Waals surface area contributed by atoms with Crippen LogP contribution in [-0.2, 0) is 6.42 Å². The average Bonchev–Trinajstić information content (AvgIpc) is 2.71. The number of fused-ring (bicyclic) bond motifs is 1. The third-order valence-electron chi connectivity index (χ3n) is 2.71. The predicted molar refractivity (Wildman–Crippen MR) is 61.9 cm³/mol. The van der Waals surface area contributed by atoms with Gasteiger partial charge in [-0.25, -0.2) is 4.98 Å². The largest absolute Gasteiger partial charge is 0.443 e. The van der Waals surface area contributed by atoms with Gasteiger partial charge in [-0.2, -0.15) is 0 Å². The van der Waals surface area contributed by atoms with Crippen LogP contribution >= 0.6 is 0 Å². The molecule has 0 aliphatic rings. The Bertz CT molecular complexity index is 419. The molecule has 1 aromatic heterocycles. The third-order valence-corrected chi connectivity index (χ3v) is 2.71. The Kier molecular flexibility index (Phi) is 3.38. The minimum absolute atomic E-state index is 0.906.